The lowest BCUT2D eigenvalue weighted by atomic mass is 10.2. The first-order valence-corrected chi connectivity index (χ1v) is 4.13. The Morgan fingerprint density at radius 1 is 1.30 bits per heavy atom. The molecule has 0 aliphatic carbocycles. The molecule has 0 aromatic carbocycles. The van der Waals surface area contributed by atoms with E-state index in [1.54, 1.807) is 0 Å². The van der Waals surface area contributed by atoms with Gasteiger partial charge in [0.15, 0.2) is 0 Å². The second-order valence-corrected chi connectivity index (χ2v) is 3.41. The van der Waals surface area contributed by atoms with Gasteiger partial charge in [-0.15, -0.1) is 0 Å². The Morgan fingerprint density at radius 2 is 1.80 bits per heavy atom. The molecule has 0 aromatic heterocycles. The predicted molar refractivity (Wildman–Crippen MR) is 49.3 cm³/mol. The van der Waals surface area contributed by atoms with Gasteiger partial charge < -0.3 is 4.90 Å². The molecular formula is C8H16NS. The van der Waals surface area contributed by atoms with E-state index in [0.717, 1.165) is 6.54 Å². The van der Waals surface area contributed by atoms with Crippen molar-refractivity contribution >= 4 is 17.7 Å². The van der Waals surface area contributed by atoms with E-state index in [2.05, 4.69) is 38.1 Å². The highest BCUT2D eigenvalue weighted by Crippen LogP contribution is 2.00. The minimum Gasteiger partial charge on any atom is -0.358 e. The molecular weight excluding hydrogens is 142 g/mol. The molecule has 0 aromatic rings. The highest BCUT2D eigenvalue weighted by Gasteiger charge is 2.05. The summed E-state index contributed by atoms with van der Waals surface area (Å²) in [5.41, 5.74) is 2.75. The van der Waals surface area contributed by atoms with E-state index in [9.17, 15) is 0 Å². The summed E-state index contributed by atoms with van der Waals surface area (Å²) in [6.45, 7) is 9.63. The maximum atomic E-state index is 4.74. The Bertz CT molecular complexity index is 99.4. The van der Waals surface area contributed by atoms with Gasteiger partial charge in [0.05, 0.1) is 0 Å². The molecule has 0 rings (SSSR count). The Labute approximate surface area is 69.4 Å². The number of rotatable bonds is 4. The smallest absolute Gasteiger partial charge is 0.137 e. The van der Waals surface area contributed by atoms with Crippen LogP contribution in [-0.4, -0.2) is 23.0 Å². The quantitative estimate of drug-likeness (QED) is 0.456. The van der Waals surface area contributed by atoms with Gasteiger partial charge in [-0.1, -0.05) is 26.1 Å². The van der Waals surface area contributed by atoms with Gasteiger partial charge in [0.2, 0.25) is 0 Å². The zero-order valence-electron chi connectivity index (χ0n) is 7.22. The first kappa shape index (κ1) is 9.89. The minimum absolute atomic E-state index is 0.486. The molecule has 0 heterocycles. The van der Waals surface area contributed by atoms with E-state index in [-0.39, 0.29) is 0 Å². The van der Waals surface area contributed by atoms with Crippen molar-refractivity contribution in [3.63, 3.8) is 0 Å². The lowest BCUT2D eigenvalue weighted by molar-refractivity contribution is 0.324. The first-order chi connectivity index (χ1) is 4.57. The summed E-state index contributed by atoms with van der Waals surface area (Å²) >= 11 is 4.74. The molecule has 0 saturated carbocycles. The SMILES string of the molecule is CC(C)CN([C]=S)C(C)C. The molecule has 1 nitrogen and oxygen atoms in total. The molecule has 0 spiro atoms. The first-order valence-electron chi connectivity index (χ1n) is 3.72. The van der Waals surface area contributed by atoms with E-state index in [0.29, 0.717) is 12.0 Å². The van der Waals surface area contributed by atoms with Crippen molar-refractivity contribution in [1.82, 2.24) is 4.90 Å². The molecule has 59 valence electrons. The van der Waals surface area contributed by atoms with Crippen LogP contribution < -0.4 is 0 Å². The summed E-state index contributed by atoms with van der Waals surface area (Å²) in [7, 11) is 0. The van der Waals surface area contributed by atoms with Crippen molar-refractivity contribution in [3.8, 4) is 0 Å². The van der Waals surface area contributed by atoms with Crippen molar-refractivity contribution in [2.75, 3.05) is 6.54 Å². The van der Waals surface area contributed by atoms with Gasteiger partial charge in [-0.25, -0.2) is 0 Å². The molecule has 0 saturated heterocycles. The van der Waals surface area contributed by atoms with Gasteiger partial charge >= 0.3 is 0 Å². The highest BCUT2D eigenvalue weighted by molar-refractivity contribution is 7.78. The fourth-order valence-corrected chi connectivity index (χ4v) is 1.03. The minimum atomic E-state index is 0.486. The van der Waals surface area contributed by atoms with Crippen molar-refractivity contribution in [1.29, 1.82) is 0 Å². The third-order valence-electron chi connectivity index (χ3n) is 1.30. The number of thiocarbonyl (C=S) groups is 1. The average Bonchev–Trinajstić information content (AvgIpc) is 1.81. The Balaban J connectivity index is 3.71. The van der Waals surface area contributed by atoms with Crippen molar-refractivity contribution in [2.45, 2.75) is 33.7 Å². The number of nitrogens with zero attached hydrogens (tertiary/aromatic N) is 1. The molecule has 0 bridgehead atoms. The molecule has 0 fully saturated rings. The Hall–Kier alpha value is -0.110. The second-order valence-electron chi connectivity index (χ2n) is 3.23. The molecule has 1 radical (unpaired) electrons. The molecule has 0 aliphatic heterocycles. The third kappa shape index (κ3) is 3.83. The molecule has 0 unspecified atom stereocenters. The Morgan fingerprint density at radius 3 is 1.90 bits per heavy atom. The molecule has 0 atom stereocenters. The van der Waals surface area contributed by atoms with Gasteiger partial charge in [0, 0.05) is 12.6 Å². The van der Waals surface area contributed by atoms with Crippen LogP contribution in [-0.2, 0) is 0 Å². The van der Waals surface area contributed by atoms with E-state index < -0.39 is 0 Å². The lowest BCUT2D eigenvalue weighted by Crippen LogP contribution is -2.31. The number of hydrogen-bond acceptors (Lipinski definition) is 1. The van der Waals surface area contributed by atoms with Crippen LogP contribution in [0.25, 0.3) is 0 Å². The second kappa shape index (κ2) is 4.67. The maximum Gasteiger partial charge on any atom is 0.137 e. The number of hydrogen-bond donors (Lipinski definition) is 0. The molecule has 2 heteroatoms. The monoisotopic (exact) mass is 158 g/mol. The Kier molecular flexibility index (Phi) is 4.62. The van der Waals surface area contributed by atoms with Crippen LogP contribution in [0.15, 0.2) is 0 Å². The van der Waals surface area contributed by atoms with E-state index in [1.807, 2.05) is 0 Å². The predicted octanol–water partition coefficient (Wildman–Crippen LogP) is 2.19. The summed E-state index contributed by atoms with van der Waals surface area (Å²) in [4.78, 5) is 2.06. The van der Waals surface area contributed by atoms with Crippen LogP contribution in [0.2, 0.25) is 0 Å². The zero-order chi connectivity index (χ0) is 8.15. The van der Waals surface area contributed by atoms with Gasteiger partial charge in [-0.05, 0) is 19.8 Å². The van der Waals surface area contributed by atoms with Crippen LogP contribution in [0.4, 0.5) is 0 Å². The van der Waals surface area contributed by atoms with E-state index >= 15 is 0 Å². The highest BCUT2D eigenvalue weighted by atomic mass is 32.1. The van der Waals surface area contributed by atoms with Gasteiger partial charge in [0.25, 0.3) is 0 Å². The molecule has 10 heavy (non-hydrogen) atoms. The average molecular weight is 158 g/mol. The summed E-state index contributed by atoms with van der Waals surface area (Å²) in [5.74, 6) is 0.665. The van der Waals surface area contributed by atoms with E-state index in [4.69, 9.17) is 12.2 Å². The molecule has 0 amide bonds. The van der Waals surface area contributed by atoms with Crippen molar-refractivity contribution in [2.24, 2.45) is 5.92 Å². The standard InChI is InChI=1S/C8H16NS/c1-7(2)5-9(6-10)8(3)4/h7-8H,5H2,1-4H3. The fraction of sp³-hybridized carbons (Fsp3) is 0.875. The third-order valence-corrected chi connectivity index (χ3v) is 1.54. The summed E-state index contributed by atoms with van der Waals surface area (Å²) < 4.78 is 0. The summed E-state index contributed by atoms with van der Waals surface area (Å²) in [6, 6.07) is 0.486. The molecule has 0 N–H and O–H groups in total. The van der Waals surface area contributed by atoms with Crippen LogP contribution in [0.5, 0.6) is 0 Å². The zero-order valence-corrected chi connectivity index (χ0v) is 8.03. The van der Waals surface area contributed by atoms with Crippen molar-refractivity contribution in [3.05, 3.63) is 0 Å². The maximum absolute atomic E-state index is 4.74. The van der Waals surface area contributed by atoms with Gasteiger partial charge in [-0.3, -0.25) is 0 Å². The van der Waals surface area contributed by atoms with Crippen molar-refractivity contribution < 1.29 is 0 Å². The largest absolute Gasteiger partial charge is 0.358 e. The summed E-state index contributed by atoms with van der Waals surface area (Å²) in [6.07, 6.45) is 0. The van der Waals surface area contributed by atoms with Crippen LogP contribution >= 0.6 is 12.2 Å². The topological polar surface area (TPSA) is 3.24 Å². The van der Waals surface area contributed by atoms with E-state index in [1.165, 1.54) is 0 Å². The lowest BCUT2D eigenvalue weighted by Gasteiger charge is -2.24. The van der Waals surface area contributed by atoms with Gasteiger partial charge in [-0.2, -0.15) is 0 Å². The van der Waals surface area contributed by atoms with Crippen LogP contribution in [0.1, 0.15) is 27.7 Å². The fourth-order valence-electron chi connectivity index (χ4n) is 0.747. The van der Waals surface area contributed by atoms with Gasteiger partial charge in [0.1, 0.15) is 5.49 Å². The summed E-state index contributed by atoms with van der Waals surface area (Å²) in [5, 5.41) is 0. The van der Waals surface area contributed by atoms with Crippen LogP contribution in [0.3, 0.4) is 0 Å². The van der Waals surface area contributed by atoms with Crippen LogP contribution in [0, 0.1) is 5.92 Å². The normalized spacial score (nSPS) is 10.6. The molecule has 0 aliphatic rings.